The fraction of sp³-hybridized carbons (Fsp3) is 0.806. The maximum Gasteiger partial charge on any atom is 0.331 e. The van der Waals surface area contributed by atoms with Crippen molar-refractivity contribution in [3.63, 3.8) is 0 Å². The van der Waals surface area contributed by atoms with E-state index in [1.807, 2.05) is 19.9 Å². The lowest BCUT2D eigenvalue weighted by atomic mass is 9.36. The SMILES string of the molecule is CC(=O)O[C@H]1C[C@@]2(C)[C@@H](C[C@@H](O)[C@H]3[C@@]4(C)CC[C@@H](O)C(C)[C@@H]4CC[C@@]32C)/C1=C(\CCC=C(C)C)C(=O)O. The molecular formula is C31H48O6. The lowest BCUT2D eigenvalue weighted by Crippen LogP contribution is -2.65. The van der Waals surface area contributed by atoms with Crippen molar-refractivity contribution in [3.8, 4) is 0 Å². The summed E-state index contributed by atoms with van der Waals surface area (Å²) >= 11 is 0. The van der Waals surface area contributed by atoms with Gasteiger partial charge in [0.25, 0.3) is 0 Å². The minimum Gasteiger partial charge on any atom is -0.478 e. The summed E-state index contributed by atoms with van der Waals surface area (Å²) in [5.74, 6) is -0.909. The molecule has 6 heteroatoms. The first-order valence-electron chi connectivity index (χ1n) is 14.3. The highest BCUT2D eigenvalue weighted by Gasteiger charge is 2.70. The van der Waals surface area contributed by atoms with Gasteiger partial charge in [0, 0.05) is 12.5 Å². The van der Waals surface area contributed by atoms with Gasteiger partial charge in [-0.15, -0.1) is 0 Å². The molecule has 0 radical (unpaired) electrons. The van der Waals surface area contributed by atoms with Gasteiger partial charge in [0.1, 0.15) is 6.10 Å². The Hall–Kier alpha value is -1.66. The molecular weight excluding hydrogens is 468 g/mol. The molecule has 208 valence electrons. The highest BCUT2D eigenvalue weighted by atomic mass is 16.5. The zero-order chi connectivity index (χ0) is 27.5. The molecule has 10 atom stereocenters. The molecule has 4 aliphatic rings. The van der Waals surface area contributed by atoms with Gasteiger partial charge in [-0.2, -0.15) is 0 Å². The van der Waals surface area contributed by atoms with E-state index in [1.54, 1.807) is 0 Å². The number of ether oxygens (including phenoxy) is 1. The van der Waals surface area contributed by atoms with Crippen LogP contribution in [-0.2, 0) is 14.3 Å². The summed E-state index contributed by atoms with van der Waals surface area (Å²) in [6.45, 7) is 14.5. The third-order valence-corrected chi connectivity index (χ3v) is 11.6. The Balaban J connectivity index is 1.82. The molecule has 3 N–H and O–H groups in total. The Labute approximate surface area is 222 Å². The standard InChI is InChI=1S/C31H48O6/c1-17(2)9-8-10-20(28(35)36)26-22-15-24(34)27-29(5)13-12-23(33)18(3)21(29)11-14-30(27,6)31(22,7)16-25(26)37-19(4)32/h9,18,21-25,27,33-34H,8,10-16H2,1-7H3,(H,35,36)/b26-20-/t18?,21-,22-,23+,24+,25-,27-,29-,30-,31-/m0/s1. The van der Waals surface area contributed by atoms with Crippen LogP contribution in [0.2, 0.25) is 0 Å². The number of rotatable bonds is 5. The number of carboxylic acid groups (broad SMARTS) is 1. The molecule has 4 saturated carbocycles. The zero-order valence-electron chi connectivity index (χ0n) is 23.8. The first-order chi connectivity index (χ1) is 17.2. The topological polar surface area (TPSA) is 104 Å². The quantitative estimate of drug-likeness (QED) is 0.247. The maximum atomic E-state index is 12.6. The normalized spacial score (nSPS) is 46.2. The summed E-state index contributed by atoms with van der Waals surface area (Å²) in [5.41, 5.74) is 1.57. The number of aliphatic hydroxyl groups is 2. The summed E-state index contributed by atoms with van der Waals surface area (Å²) in [6, 6.07) is 0. The molecule has 4 fully saturated rings. The molecule has 4 rings (SSSR count). The number of carbonyl (C=O) groups excluding carboxylic acids is 1. The number of carboxylic acids is 1. The number of hydrogen-bond donors (Lipinski definition) is 3. The van der Waals surface area contributed by atoms with E-state index < -0.39 is 24.1 Å². The van der Waals surface area contributed by atoms with Crippen molar-refractivity contribution in [2.24, 2.45) is 39.9 Å². The van der Waals surface area contributed by atoms with Gasteiger partial charge in [0.2, 0.25) is 0 Å². The average Bonchev–Trinajstić information content (AvgIpc) is 3.05. The van der Waals surface area contributed by atoms with E-state index in [-0.39, 0.29) is 40.1 Å². The predicted octanol–water partition coefficient (Wildman–Crippen LogP) is 5.67. The summed E-state index contributed by atoms with van der Waals surface area (Å²) in [5, 5.41) is 32.9. The number of fused-ring (bicyclic) bond motifs is 5. The highest BCUT2D eigenvalue weighted by molar-refractivity contribution is 5.88. The Kier molecular flexibility index (Phi) is 7.53. The van der Waals surface area contributed by atoms with Crippen molar-refractivity contribution in [3.05, 3.63) is 22.8 Å². The van der Waals surface area contributed by atoms with Crippen molar-refractivity contribution in [1.29, 1.82) is 0 Å². The average molecular weight is 517 g/mol. The van der Waals surface area contributed by atoms with Crippen molar-refractivity contribution >= 4 is 11.9 Å². The van der Waals surface area contributed by atoms with E-state index in [0.29, 0.717) is 37.2 Å². The molecule has 0 aromatic carbocycles. The summed E-state index contributed by atoms with van der Waals surface area (Å²) in [6.07, 6.45) is 6.22. The lowest BCUT2D eigenvalue weighted by Gasteiger charge is -2.69. The summed E-state index contributed by atoms with van der Waals surface area (Å²) < 4.78 is 5.87. The van der Waals surface area contributed by atoms with Crippen LogP contribution in [0, 0.1) is 39.9 Å². The van der Waals surface area contributed by atoms with Gasteiger partial charge in [-0.3, -0.25) is 4.79 Å². The third-order valence-electron chi connectivity index (χ3n) is 11.6. The number of esters is 1. The van der Waals surface area contributed by atoms with Crippen LogP contribution in [0.15, 0.2) is 22.8 Å². The molecule has 0 aromatic rings. The molecule has 0 aromatic heterocycles. The molecule has 1 unspecified atom stereocenters. The summed E-state index contributed by atoms with van der Waals surface area (Å²) in [7, 11) is 0. The molecule has 37 heavy (non-hydrogen) atoms. The lowest BCUT2D eigenvalue weighted by molar-refractivity contribution is -0.234. The molecule has 6 nitrogen and oxygen atoms in total. The van der Waals surface area contributed by atoms with E-state index in [2.05, 4.69) is 27.7 Å². The van der Waals surface area contributed by atoms with Gasteiger partial charge in [0.05, 0.1) is 12.2 Å². The molecule has 0 saturated heterocycles. The second kappa shape index (κ2) is 9.82. The molecule has 0 spiro atoms. The van der Waals surface area contributed by atoms with Gasteiger partial charge >= 0.3 is 11.9 Å². The first kappa shape index (κ1) is 28.4. The zero-order valence-corrected chi connectivity index (χ0v) is 23.8. The van der Waals surface area contributed by atoms with E-state index in [0.717, 1.165) is 36.8 Å². The van der Waals surface area contributed by atoms with Crippen LogP contribution < -0.4 is 0 Å². The van der Waals surface area contributed by atoms with Crippen LogP contribution >= 0.6 is 0 Å². The molecule has 0 aliphatic heterocycles. The van der Waals surface area contributed by atoms with Crippen molar-refractivity contribution in [1.82, 2.24) is 0 Å². The number of aliphatic carboxylic acids is 1. The fourth-order valence-electron chi connectivity index (χ4n) is 9.79. The largest absolute Gasteiger partial charge is 0.478 e. The van der Waals surface area contributed by atoms with E-state index in [1.165, 1.54) is 6.92 Å². The Morgan fingerprint density at radius 3 is 2.30 bits per heavy atom. The van der Waals surface area contributed by atoms with E-state index >= 15 is 0 Å². The first-order valence-corrected chi connectivity index (χ1v) is 14.3. The van der Waals surface area contributed by atoms with E-state index in [9.17, 15) is 24.9 Å². The van der Waals surface area contributed by atoms with Crippen molar-refractivity contribution in [2.75, 3.05) is 0 Å². The monoisotopic (exact) mass is 516 g/mol. The number of aliphatic hydroxyl groups excluding tert-OH is 2. The van der Waals surface area contributed by atoms with Gasteiger partial charge in [-0.1, -0.05) is 39.3 Å². The van der Waals surface area contributed by atoms with Crippen molar-refractivity contribution in [2.45, 2.75) is 118 Å². The fourth-order valence-corrected chi connectivity index (χ4v) is 9.79. The highest BCUT2D eigenvalue weighted by Crippen LogP contribution is 2.74. The minimum absolute atomic E-state index is 0.0474. The second-order valence-corrected chi connectivity index (χ2v) is 13.6. The smallest absolute Gasteiger partial charge is 0.331 e. The van der Waals surface area contributed by atoms with Crippen LogP contribution in [0.4, 0.5) is 0 Å². The maximum absolute atomic E-state index is 12.6. The van der Waals surface area contributed by atoms with Crippen LogP contribution in [-0.4, -0.2) is 45.6 Å². The van der Waals surface area contributed by atoms with Crippen molar-refractivity contribution < 1.29 is 29.6 Å². The number of carbonyl (C=O) groups is 2. The van der Waals surface area contributed by atoms with Gasteiger partial charge in [0.15, 0.2) is 0 Å². The number of allylic oxidation sites excluding steroid dienone is 2. The van der Waals surface area contributed by atoms with Crippen LogP contribution in [0.5, 0.6) is 0 Å². The van der Waals surface area contributed by atoms with E-state index in [4.69, 9.17) is 4.74 Å². The van der Waals surface area contributed by atoms with Crippen LogP contribution in [0.25, 0.3) is 0 Å². The summed E-state index contributed by atoms with van der Waals surface area (Å²) in [4.78, 5) is 24.8. The minimum atomic E-state index is -0.953. The van der Waals surface area contributed by atoms with Crippen LogP contribution in [0.3, 0.4) is 0 Å². The molecule has 0 bridgehead atoms. The molecule has 0 amide bonds. The molecule has 0 heterocycles. The third kappa shape index (κ3) is 4.40. The molecule has 4 aliphatic carbocycles. The Bertz CT molecular complexity index is 994. The van der Waals surface area contributed by atoms with Gasteiger partial charge in [-0.25, -0.2) is 4.79 Å². The Morgan fingerprint density at radius 2 is 1.70 bits per heavy atom. The Morgan fingerprint density at radius 1 is 1.03 bits per heavy atom. The number of hydrogen-bond acceptors (Lipinski definition) is 5. The van der Waals surface area contributed by atoms with Gasteiger partial charge < -0.3 is 20.1 Å². The second-order valence-electron chi connectivity index (χ2n) is 13.6. The van der Waals surface area contributed by atoms with Gasteiger partial charge in [-0.05, 0) is 111 Å². The van der Waals surface area contributed by atoms with Crippen LogP contribution in [0.1, 0.15) is 99.8 Å². The predicted molar refractivity (Wildman–Crippen MR) is 143 cm³/mol.